The van der Waals surface area contributed by atoms with E-state index in [1.807, 2.05) is 24.3 Å². The molecule has 3 aliphatic heterocycles. The Balaban J connectivity index is 1.34. The molecule has 4 atom stereocenters. The molecule has 3 heterocycles. The lowest BCUT2D eigenvalue weighted by Crippen LogP contribution is -2.56. The largest absolute Gasteiger partial charge is 0.475 e. The number of benzene rings is 2. The van der Waals surface area contributed by atoms with Gasteiger partial charge >= 0.3 is 13.2 Å². The van der Waals surface area contributed by atoms with Crippen LogP contribution in [0.3, 0.4) is 0 Å². The number of nitrogens with one attached hydrogen (secondary N) is 2. The van der Waals surface area contributed by atoms with Crippen molar-refractivity contribution in [3.63, 3.8) is 0 Å². The first-order valence-electron chi connectivity index (χ1n) is 16.4. The van der Waals surface area contributed by atoms with E-state index in [1.54, 1.807) is 4.90 Å². The molecule has 4 N–H and O–H groups in total. The van der Waals surface area contributed by atoms with Crippen LogP contribution in [0.5, 0.6) is 0 Å². The molecule has 0 aromatic heterocycles. The van der Waals surface area contributed by atoms with Gasteiger partial charge in [0, 0.05) is 32.1 Å². The molecule has 0 aliphatic carbocycles. The molecule has 2 saturated heterocycles. The third-order valence-corrected chi connectivity index (χ3v) is 9.18. The maximum absolute atomic E-state index is 14.2. The zero-order valence-electron chi connectivity index (χ0n) is 26.0. The van der Waals surface area contributed by atoms with Crippen LogP contribution in [0, 0.1) is 11.6 Å². The van der Waals surface area contributed by atoms with Gasteiger partial charge < -0.3 is 30.3 Å². The van der Waals surface area contributed by atoms with Crippen LogP contribution in [0.2, 0.25) is 0 Å². The van der Waals surface area contributed by atoms with E-state index in [0.717, 1.165) is 55.7 Å². The van der Waals surface area contributed by atoms with Crippen molar-refractivity contribution >= 4 is 25.0 Å². The quantitative estimate of drug-likeness (QED) is 0.368. The predicted octanol–water partition coefficient (Wildman–Crippen LogP) is 3.57. The minimum atomic E-state index is -1.78. The number of rotatable bonds is 5. The average Bonchev–Trinajstić information content (AvgIpc) is 3.64. The van der Waals surface area contributed by atoms with Gasteiger partial charge in [0.1, 0.15) is 23.8 Å². The Hall–Kier alpha value is -3.55. The van der Waals surface area contributed by atoms with E-state index < -0.39 is 60.8 Å². The molecule has 46 heavy (non-hydrogen) atoms. The molecule has 3 aliphatic rings. The summed E-state index contributed by atoms with van der Waals surface area (Å²) in [4.78, 5) is 44.0. The summed E-state index contributed by atoms with van der Waals surface area (Å²) in [6, 6.07) is 9.13. The first-order chi connectivity index (χ1) is 22.2. The van der Waals surface area contributed by atoms with Gasteiger partial charge in [-0.2, -0.15) is 0 Å². The van der Waals surface area contributed by atoms with E-state index in [-0.39, 0.29) is 19.5 Å². The smallest absolute Gasteiger partial charge is 0.444 e. The second-order valence-corrected chi connectivity index (χ2v) is 12.7. The van der Waals surface area contributed by atoms with Gasteiger partial charge in [0.05, 0.1) is 18.5 Å². The van der Waals surface area contributed by atoms with Crippen LogP contribution in [-0.4, -0.2) is 75.5 Å². The van der Waals surface area contributed by atoms with Crippen LogP contribution < -0.4 is 10.6 Å². The van der Waals surface area contributed by atoms with Crippen molar-refractivity contribution in [2.24, 2.45) is 0 Å². The molecule has 10 nitrogen and oxygen atoms in total. The summed E-state index contributed by atoms with van der Waals surface area (Å²) in [6.07, 6.45) is 5.70. The number of halogens is 2. The average molecular weight is 641 g/mol. The lowest BCUT2D eigenvalue weighted by Gasteiger charge is -2.30. The van der Waals surface area contributed by atoms with Gasteiger partial charge in [0.15, 0.2) is 0 Å². The zero-order valence-corrected chi connectivity index (χ0v) is 26.0. The van der Waals surface area contributed by atoms with Gasteiger partial charge in [0.2, 0.25) is 11.8 Å². The topological polar surface area (TPSA) is 131 Å². The number of hydrogen-bond donors (Lipinski definition) is 4. The first-order valence-corrected chi connectivity index (χ1v) is 16.4. The first kappa shape index (κ1) is 33.8. The third-order valence-electron chi connectivity index (χ3n) is 9.18. The summed E-state index contributed by atoms with van der Waals surface area (Å²) in [5.74, 6) is -3.31. The molecule has 2 fully saturated rings. The van der Waals surface area contributed by atoms with Crippen LogP contribution in [0.4, 0.5) is 13.6 Å². The normalized spacial score (nSPS) is 24.7. The van der Waals surface area contributed by atoms with Gasteiger partial charge in [-0.15, -0.1) is 0 Å². The summed E-state index contributed by atoms with van der Waals surface area (Å²) in [5.41, 5.74) is 2.40. The Morgan fingerprint density at radius 3 is 2.17 bits per heavy atom. The van der Waals surface area contributed by atoms with Crippen molar-refractivity contribution in [2.75, 3.05) is 6.54 Å². The molecule has 0 unspecified atom stereocenters. The minimum absolute atomic E-state index is 0.0252. The molecular weight excluding hydrogens is 597 g/mol. The Bertz CT molecular complexity index is 1340. The Morgan fingerprint density at radius 1 is 0.935 bits per heavy atom. The number of carbonyl (C=O) groups is 3. The van der Waals surface area contributed by atoms with Crippen molar-refractivity contribution in [3.05, 3.63) is 70.8 Å². The van der Waals surface area contributed by atoms with Crippen LogP contribution in [0.15, 0.2) is 42.5 Å². The molecular formula is C33H43BF2N4O6. The van der Waals surface area contributed by atoms with E-state index in [2.05, 4.69) is 10.6 Å². The molecule has 13 heteroatoms. The lowest BCUT2D eigenvalue weighted by molar-refractivity contribution is -0.140. The van der Waals surface area contributed by atoms with E-state index in [9.17, 15) is 33.2 Å². The summed E-state index contributed by atoms with van der Waals surface area (Å²) in [6.45, 7) is 0.805. The van der Waals surface area contributed by atoms with Gasteiger partial charge in [-0.1, -0.05) is 69.2 Å². The van der Waals surface area contributed by atoms with E-state index in [4.69, 9.17) is 4.74 Å². The number of ether oxygens (including phenoxy) is 1. The Labute approximate surface area is 268 Å². The molecule has 2 aromatic carbocycles. The SMILES string of the molecule is O=C1N[C@H](B(O)O)CCCCCCCCC[C@H](NCc2cc(F)cc(F)c2)C(=O)N2C[C@H](OC(=O)N3Cc4ccccc4C3)C[C@@H]12. The highest BCUT2D eigenvalue weighted by molar-refractivity contribution is 6.43. The molecule has 0 bridgehead atoms. The molecule has 0 radical (unpaired) electrons. The highest BCUT2D eigenvalue weighted by Crippen LogP contribution is 2.27. The standard InChI is InChI=1S/C33H43BF2N4O6/c35-25-14-22(15-26(36)16-25)18-37-28-12-6-4-2-1-3-5-7-13-30(34(44)45)38-31(41)29-17-27(21-40(29)32(28)42)46-33(43)39-19-23-10-8-9-11-24(23)20-39/h8-11,14-16,27-30,37,44-45H,1-7,12-13,17-21H2,(H,38,41)/t27-,28+,29+,30+/m1/s1. The summed E-state index contributed by atoms with van der Waals surface area (Å²) in [5, 5.41) is 25.9. The predicted molar refractivity (Wildman–Crippen MR) is 167 cm³/mol. The van der Waals surface area contributed by atoms with Crippen LogP contribution in [-0.2, 0) is 34.0 Å². The lowest BCUT2D eigenvalue weighted by atomic mass is 9.76. The van der Waals surface area contributed by atoms with E-state index >= 15 is 0 Å². The van der Waals surface area contributed by atoms with Crippen LogP contribution >= 0.6 is 0 Å². The van der Waals surface area contributed by atoms with Crippen molar-refractivity contribution < 1.29 is 37.9 Å². The number of nitrogens with zero attached hydrogens (tertiary/aromatic N) is 2. The van der Waals surface area contributed by atoms with Crippen molar-refractivity contribution in [3.8, 4) is 0 Å². The summed E-state index contributed by atoms with van der Waals surface area (Å²) >= 11 is 0. The molecule has 0 spiro atoms. The van der Waals surface area contributed by atoms with Crippen LogP contribution in [0.25, 0.3) is 0 Å². The molecule has 2 aromatic rings. The summed E-state index contributed by atoms with van der Waals surface area (Å²) in [7, 11) is -1.78. The van der Waals surface area contributed by atoms with Gasteiger partial charge in [-0.3, -0.25) is 14.5 Å². The highest BCUT2D eigenvalue weighted by Gasteiger charge is 2.44. The Kier molecular flexibility index (Phi) is 11.6. The van der Waals surface area contributed by atoms with Crippen LogP contribution in [0.1, 0.15) is 80.9 Å². The summed E-state index contributed by atoms with van der Waals surface area (Å²) < 4.78 is 33.6. The second kappa shape index (κ2) is 15.8. The maximum atomic E-state index is 14.2. The monoisotopic (exact) mass is 640 g/mol. The van der Waals surface area contributed by atoms with Crippen molar-refractivity contribution in [1.29, 1.82) is 0 Å². The Morgan fingerprint density at radius 2 is 1.54 bits per heavy atom. The number of fused-ring (bicyclic) bond motifs is 2. The zero-order chi connectivity index (χ0) is 32.6. The van der Waals surface area contributed by atoms with Crippen molar-refractivity contribution in [2.45, 2.75) is 108 Å². The second-order valence-electron chi connectivity index (χ2n) is 12.7. The fourth-order valence-electron chi connectivity index (χ4n) is 6.69. The highest BCUT2D eigenvalue weighted by atomic mass is 19.1. The number of carbonyl (C=O) groups excluding carboxylic acids is 3. The van der Waals surface area contributed by atoms with Crippen molar-refractivity contribution in [1.82, 2.24) is 20.4 Å². The minimum Gasteiger partial charge on any atom is -0.444 e. The fourth-order valence-corrected chi connectivity index (χ4v) is 6.69. The molecule has 3 amide bonds. The molecule has 0 saturated carbocycles. The number of amides is 3. The van der Waals surface area contributed by atoms with E-state index in [1.165, 1.54) is 17.0 Å². The third kappa shape index (κ3) is 8.83. The van der Waals surface area contributed by atoms with Gasteiger partial charge in [-0.05, 0) is 41.7 Å². The van der Waals surface area contributed by atoms with Gasteiger partial charge in [0.25, 0.3) is 0 Å². The van der Waals surface area contributed by atoms with Gasteiger partial charge in [-0.25, -0.2) is 13.6 Å². The van der Waals surface area contributed by atoms with E-state index in [0.29, 0.717) is 37.9 Å². The molecule has 248 valence electrons. The maximum Gasteiger partial charge on any atom is 0.475 e. The molecule has 5 rings (SSSR count). The number of hydrogen-bond acceptors (Lipinski definition) is 7. The fraction of sp³-hybridized carbons (Fsp3) is 0.545.